The normalized spacial score (nSPS) is 12.1. The molecule has 2 nitrogen and oxygen atoms in total. The lowest BCUT2D eigenvalue weighted by atomic mass is 9.88. The van der Waals surface area contributed by atoms with Crippen LogP contribution in [-0.4, -0.2) is 13.2 Å². The second-order valence-electron chi connectivity index (χ2n) is 6.51. The summed E-state index contributed by atoms with van der Waals surface area (Å²) < 4.78 is 11.7. The van der Waals surface area contributed by atoms with Crippen molar-refractivity contribution in [3.8, 4) is 22.6 Å². The molecule has 1 aliphatic rings. The van der Waals surface area contributed by atoms with Crippen LogP contribution in [0.1, 0.15) is 22.6 Å². The van der Waals surface area contributed by atoms with Gasteiger partial charge in [0, 0.05) is 17.5 Å². The fourth-order valence-electron chi connectivity index (χ4n) is 3.76. The number of hydrogen-bond acceptors (Lipinski definition) is 2. The summed E-state index contributed by atoms with van der Waals surface area (Å²) in [4.78, 5) is 0. The monoisotopic (exact) mass is 354 g/mol. The highest BCUT2D eigenvalue weighted by atomic mass is 16.5. The topological polar surface area (TPSA) is 18.5 Å². The van der Waals surface area contributed by atoms with Crippen LogP contribution in [0.3, 0.4) is 0 Å². The van der Waals surface area contributed by atoms with Gasteiger partial charge in [0.1, 0.15) is 24.7 Å². The number of fused-ring (bicyclic) bond motifs is 3. The molecular formula is C25H22O2. The van der Waals surface area contributed by atoms with Gasteiger partial charge in [0.2, 0.25) is 0 Å². The second-order valence-corrected chi connectivity index (χ2v) is 6.51. The molecule has 0 unspecified atom stereocenters. The molecule has 0 saturated carbocycles. The van der Waals surface area contributed by atoms with E-state index in [-0.39, 0.29) is 5.92 Å². The smallest absolute Gasteiger partial charge is 0.127 e. The van der Waals surface area contributed by atoms with Gasteiger partial charge in [0.15, 0.2) is 0 Å². The zero-order valence-corrected chi connectivity index (χ0v) is 15.2. The van der Waals surface area contributed by atoms with Crippen LogP contribution in [-0.2, 0) is 0 Å². The van der Waals surface area contributed by atoms with Crippen LogP contribution in [0.4, 0.5) is 0 Å². The number of rotatable bonds is 7. The first-order valence-corrected chi connectivity index (χ1v) is 9.13. The number of hydrogen-bond donors (Lipinski definition) is 0. The van der Waals surface area contributed by atoms with Gasteiger partial charge in [0.05, 0.1) is 0 Å². The van der Waals surface area contributed by atoms with E-state index in [4.69, 9.17) is 9.47 Å². The van der Waals surface area contributed by atoms with E-state index in [1.807, 2.05) is 12.1 Å². The zero-order valence-electron chi connectivity index (χ0n) is 15.2. The summed E-state index contributed by atoms with van der Waals surface area (Å²) in [6, 6.07) is 23.3. The van der Waals surface area contributed by atoms with Crippen molar-refractivity contribution in [3.05, 3.63) is 109 Å². The van der Waals surface area contributed by atoms with E-state index in [1.165, 1.54) is 22.3 Å². The van der Waals surface area contributed by atoms with Crippen molar-refractivity contribution >= 4 is 0 Å². The van der Waals surface area contributed by atoms with Crippen molar-refractivity contribution in [1.29, 1.82) is 0 Å². The average Bonchev–Trinajstić information content (AvgIpc) is 3.05. The Kier molecular flexibility index (Phi) is 4.80. The minimum Gasteiger partial charge on any atom is -0.489 e. The molecule has 1 aliphatic carbocycles. The maximum Gasteiger partial charge on any atom is 0.127 e. The van der Waals surface area contributed by atoms with Gasteiger partial charge in [-0.3, -0.25) is 0 Å². The van der Waals surface area contributed by atoms with E-state index in [1.54, 1.807) is 12.2 Å². The molecule has 0 bridgehead atoms. The minimum atomic E-state index is 0.144. The van der Waals surface area contributed by atoms with Crippen LogP contribution in [0.25, 0.3) is 11.1 Å². The summed E-state index contributed by atoms with van der Waals surface area (Å²) >= 11 is 0. The first kappa shape index (κ1) is 17.2. The fraction of sp³-hybridized carbons (Fsp3) is 0.120. The molecule has 0 amide bonds. The molecule has 3 aromatic rings. The van der Waals surface area contributed by atoms with Gasteiger partial charge in [-0.25, -0.2) is 0 Å². The lowest BCUT2D eigenvalue weighted by Crippen LogP contribution is -2.05. The van der Waals surface area contributed by atoms with Crippen molar-refractivity contribution in [2.24, 2.45) is 0 Å². The van der Waals surface area contributed by atoms with Gasteiger partial charge < -0.3 is 9.47 Å². The first-order valence-electron chi connectivity index (χ1n) is 9.13. The molecule has 0 atom stereocenters. The van der Waals surface area contributed by atoms with E-state index in [0.717, 1.165) is 17.1 Å². The SMILES string of the molecule is C=CCOc1ccc(C2c3ccccc3-c3ccccc32)c(OCC=C)c1. The highest BCUT2D eigenvalue weighted by Gasteiger charge is 2.31. The van der Waals surface area contributed by atoms with Gasteiger partial charge in [-0.1, -0.05) is 79.9 Å². The van der Waals surface area contributed by atoms with Crippen molar-refractivity contribution in [2.75, 3.05) is 13.2 Å². The van der Waals surface area contributed by atoms with Crippen LogP contribution in [0, 0.1) is 0 Å². The van der Waals surface area contributed by atoms with Crippen molar-refractivity contribution in [3.63, 3.8) is 0 Å². The third-order valence-corrected chi connectivity index (χ3v) is 4.85. The quantitative estimate of drug-likeness (QED) is 0.380. The molecule has 0 saturated heterocycles. The van der Waals surface area contributed by atoms with Crippen molar-refractivity contribution in [2.45, 2.75) is 5.92 Å². The average molecular weight is 354 g/mol. The van der Waals surface area contributed by atoms with E-state index in [9.17, 15) is 0 Å². The molecule has 0 fully saturated rings. The predicted molar refractivity (Wildman–Crippen MR) is 111 cm³/mol. The van der Waals surface area contributed by atoms with E-state index >= 15 is 0 Å². The molecule has 0 heterocycles. The van der Waals surface area contributed by atoms with Gasteiger partial charge >= 0.3 is 0 Å². The summed E-state index contributed by atoms with van der Waals surface area (Å²) in [6.45, 7) is 8.41. The third kappa shape index (κ3) is 3.15. The molecule has 0 radical (unpaired) electrons. The van der Waals surface area contributed by atoms with Crippen LogP contribution in [0.15, 0.2) is 92.0 Å². The van der Waals surface area contributed by atoms with Crippen LogP contribution < -0.4 is 9.47 Å². The molecule has 134 valence electrons. The van der Waals surface area contributed by atoms with Gasteiger partial charge in [-0.15, -0.1) is 0 Å². The Morgan fingerprint density at radius 1 is 0.704 bits per heavy atom. The Labute approximate surface area is 160 Å². The van der Waals surface area contributed by atoms with E-state index < -0.39 is 0 Å². The van der Waals surface area contributed by atoms with Crippen molar-refractivity contribution < 1.29 is 9.47 Å². The summed E-state index contributed by atoms with van der Waals surface area (Å²) in [6.07, 6.45) is 3.50. The summed E-state index contributed by atoms with van der Waals surface area (Å²) in [7, 11) is 0. The Balaban J connectivity index is 1.84. The largest absolute Gasteiger partial charge is 0.489 e. The van der Waals surface area contributed by atoms with Crippen LogP contribution in [0.2, 0.25) is 0 Å². The van der Waals surface area contributed by atoms with Crippen LogP contribution in [0.5, 0.6) is 11.5 Å². The Morgan fingerprint density at radius 3 is 1.93 bits per heavy atom. The van der Waals surface area contributed by atoms with E-state index in [2.05, 4.69) is 67.8 Å². The second kappa shape index (κ2) is 7.55. The van der Waals surface area contributed by atoms with Gasteiger partial charge in [0.25, 0.3) is 0 Å². The Bertz CT molecular complexity index is 942. The van der Waals surface area contributed by atoms with Gasteiger partial charge in [-0.05, 0) is 28.3 Å². The van der Waals surface area contributed by atoms with Crippen molar-refractivity contribution in [1.82, 2.24) is 0 Å². The molecular weight excluding hydrogens is 332 g/mol. The Morgan fingerprint density at radius 2 is 1.30 bits per heavy atom. The van der Waals surface area contributed by atoms with Gasteiger partial charge in [-0.2, -0.15) is 0 Å². The molecule has 4 rings (SSSR count). The predicted octanol–water partition coefficient (Wildman–Crippen LogP) is 5.98. The molecule has 0 aliphatic heterocycles. The first-order chi connectivity index (χ1) is 13.3. The number of benzene rings is 3. The molecule has 0 N–H and O–H groups in total. The molecule has 27 heavy (non-hydrogen) atoms. The van der Waals surface area contributed by atoms with E-state index in [0.29, 0.717) is 13.2 Å². The highest BCUT2D eigenvalue weighted by Crippen LogP contribution is 2.50. The lowest BCUT2D eigenvalue weighted by Gasteiger charge is -2.19. The summed E-state index contributed by atoms with van der Waals surface area (Å²) in [5, 5.41) is 0. The maximum absolute atomic E-state index is 6.03. The number of ether oxygens (including phenoxy) is 2. The zero-order chi connectivity index (χ0) is 18.6. The standard InChI is InChI=1S/C25H22O2/c1-3-15-26-18-13-14-23(24(17-18)27-16-4-2)25-21-11-7-5-9-19(21)20-10-6-8-12-22(20)25/h3-14,17,25H,1-2,15-16H2. The highest BCUT2D eigenvalue weighted by molar-refractivity contribution is 5.81. The third-order valence-electron chi connectivity index (χ3n) is 4.85. The molecule has 3 aromatic carbocycles. The summed E-state index contributed by atoms with van der Waals surface area (Å²) in [5.74, 6) is 1.75. The molecule has 0 aromatic heterocycles. The fourth-order valence-corrected chi connectivity index (χ4v) is 3.76. The summed E-state index contributed by atoms with van der Waals surface area (Å²) in [5.41, 5.74) is 6.34. The molecule has 2 heteroatoms. The maximum atomic E-state index is 6.03. The van der Waals surface area contributed by atoms with Crippen LogP contribution >= 0.6 is 0 Å². The Hall–Kier alpha value is -3.26. The lowest BCUT2D eigenvalue weighted by molar-refractivity contribution is 0.342. The molecule has 0 spiro atoms. The minimum absolute atomic E-state index is 0.144.